The number of aromatic nitrogens is 4. The summed E-state index contributed by atoms with van der Waals surface area (Å²) < 4.78 is 2.04. The molecule has 0 radical (unpaired) electrons. The van der Waals surface area contributed by atoms with Crippen molar-refractivity contribution in [3.8, 4) is 11.4 Å². The van der Waals surface area contributed by atoms with Crippen LogP contribution >= 0.6 is 0 Å². The first-order valence-corrected chi connectivity index (χ1v) is 9.51. The van der Waals surface area contributed by atoms with Gasteiger partial charge >= 0.3 is 0 Å². The highest BCUT2D eigenvalue weighted by Crippen LogP contribution is 2.27. The van der Waals surface area contributed by atoms with Gasteiger partial charge in [0.15, 0.2) is 5.82 Å². The normalized spacial score (nSPS) is 15.0. The van der Waals surface area contributed by atoms with Crippen LogP contribution in [0.25, 0.3) is 11.4 Å². The van der Waals surface area contributed by atoms with E-state index < -0.39 is 4.92 Å². The van der Waals surface area contributed by atoms with E-state index in [1.54, 1.807) is 12.1 Å². The average Bonchev–Trinajstić information content (AvgIpc) is 3.28. The summed E-state index contributed by atoms with van der Waals surface area (Å²) in [4.78, 5) is 22.2. The van der Waals surface area contributed by atoms with Gasteiger partial charge in [0, 0.05) is 54.9 Å². The van der Waals surface area contributed by atoms with Crippen LogP contribution in [0.5, 0.6) is 0 Å². The standard InChI is InChI=1S/C20H22N6O2/c1-2-16-14-19(24-12-8-17(9-13-24)25-11-3-10-21-25)23-20(22-16)15-4-6-18(7-5-15)26(27)28/h3-7,10-11,14,17H,2,8-9,12-13H2,1H3. The van der Waals surface area contributed by atoms with E-state index in [-0.39, 0.29) is 5.69 Å². The molecule has 0 saturated carbocycles. The minimum atomic E-state index is -0.401. The van der Waals surface area contributed by atoms with Gasteiger partial charge in [0.1, 0.15) is 5.82 Å². The molecule has 144 valence electrons. The summed E-state index contributed by atoms with van der Waals surface area (Å²) in [5, 5.41) is 15.2. The molecule has 0 N–H and O–H groups in total. The number of hydrogen-bond donors (Lipinski definition) is 0. The Labute approximate surface area is 163 Å². The van der Waals surface area contributed by atoms with Crippen molar-refractivity contribution in [2.45, 2.75) is 32.2 Å². The molecule has 3 heterocycles. The van der Waals surface area contributed by atoms with E-state index in [1.807, 2.05) is 29.2 Å². The zero-order chi connectivity index (χ0) is 19.5. The number of piperidine rings is 1. The summed E-state index contributed by atoms with van der Waals surface area (Å²) in [5.41, 5.74) is 1.82. The molecule has 0 atom stereocenters. The van der Waals surface area contributed by atoms with Gasteiger partial charge in [0.25, 0.3) is 5.69 Å². The van der Waals surface area contributed by atoms with Crippen LogP contribution in [0.2, 0.25) is 0 Å². The summed E-state index contributed by atoms with van der Waals surface area (Å²) in [5.74, 6) is 1.53. The maximum absolute atomic E-state index is 10.9. The molecule has 8 heteroatoms. The molecule has 1 saturated heterocycles. The van der Waals surface area contributed by atoms with Crippen molar-refractivity contribution in [2.75, 3.05) is 18.0 Å². The Hall–Kier alpha value is -3.29. The summed E-state index contributed by atoms with van der Waals surface area (Å²) >= 11 is 0. The topological polar surface area (TPSA) is 90.0 Å². The quantitative estimate of drug-likeness (QED) is 0.497. The highest BCUT2D eigenvalue weighted by molar-refractivity contribution is 5.60. The third-order valence-electron chi connectivity index (χ3n) is 5.15. The molecule has 8 nitrogen and oxygen atoms in total. The van der Waals surface area contributed by atoms with Crippen LogP contribution in [0, 0.1) is 10.1 Å². The molecular weight excluding hydrogens is 356 g/mol. The number of nitrogens with zero attached hydrogens (tertiary/aromatic N) is 6. The third kappa shape index (κ3) is 3.71. The maximum atomic E-state index is 10.9. The minimum Gasteiger partial charge on any atom is -0.356 e. The zero-order valence-electron chi connectivity index (χ0n) is 15.7. The van der Waals surface area contributed by atoms with Crippen molar-refractivity contribution in [3.05, 3.63) is 64.6 Å². The smallest absolute Gasteiger partial charge is 0.269 e. The predicted octanol–water partition coefficient (Wildman–Crippen LogP) is 3.65. The van der Waals surface area contributed by atoms with E-state index >= 15 is 0 Å². The lowest BCUT2D eigenvalue weighted by molar-refractivity contribution is -0.384. The summed E-state index contributed by atoms with van der Waals surface area (Å²) in [6.07, 6.45) is 6.67. The lowest BCUT2D eigenvalue weighted by Gasteiger charge is -2.33. The Balaban J connectivity index is 1.56. The van der Waals surface area contributed by atoms with Crippen LogP contribution in [0.4, 0.5) is 11.5 Å². The summed E-state index contributed by atoms with van der Waals surface area (Å²) in [6.45, 7) is 3.88. The number of anilines is 1. The molecule has 3 aromatic rings. The molecule has 0 bridgehead atoms. The molecule has 28 heavy (non-hydrogen) atoms. The molecule has 0 unspecified atom stereocenters. The Morgan fingerprint density at radius 3 is 2.54 bits per heavy atom. The van der Waals surface area contributed by atoms with Crippen molar-refractivity contribution in [1.82, 2.24) is 19.7 Å². The fraction of sp³-hybridized carbons (Fsp3) is 0.350. The number of benzene rings is 1. The second-order valence-corrected chi connectivity index (χ2v) is 6.90. The van der Waals surface area contributed by atoms with Crippen molar-refractivity contribution in [1.29, 1.82) is 0 Å². The summed E-state index contributed by atoms with van der Waals surface area (Å²) in [7, 11) is 0. The second-order valence-electron chi connectivity index (χ2n) is 6.90. The van der Waals surface area contributed by atoms with Crippen LogP contribution < -0.4 is 4.90 Å². The lowest BCUT2D eigenvalue weighted by Crippen LogP contribution is -2.35. The van der Waals surface area contributed by atoms with E-state index in [0.717, 1.165) is 49.4 Å². The zero-order valence-corrected chi connectivity index (χ0v) is 15.7. The molecule has 0 aliphatic carbocycles. The first-order valence-electron chi connectivity index (χ1n) is 9.51. The van der Waals surface area contributed by atoms with E-state index in [4.69, 9.17) is 4.98 Å². The van der Waals surface area contributed by atoms with Crippen molar-refractivity contribution >= 4 is 11.5 Å². The fourth-order valence-electron chi connectivity index (χ4n) is 3.54. The second kappa shape index (κ2) is 7.75. The third-order valence-corrected chi connectivity index (χ3v) is 5.15. The summed E-state index contributed by atoms with van der Waals surface area (Å²) in [6, 6.07) is 10.8. The van der Waals surface area contributed by atoms with Gasteiger partial charge in [0.05, 0.1) is 11.0 Å². The van der Waals surface area contributed by atoms with Crippen LogP contribution in [0.15, 0.2) is 48.8 Å². The molecule has 1 aliphatic rings. The molecular formula is C20H22N6O2. The molecule has 1 fully saturated rings. The van der Waals surface area contributed by atoms with E-state index in [0.29, 0.717) is 11.9 Å². The highest BCUT2D eigenvalue weighted by atomic mass is 16.6. The fourth-order valence-corrected chi connectivity index (χ4v) is 3.54. The Morgan fingerprint density at radius 1 is 1.18 bits per heavy atom. The molecule has 0 spiro atoms. The van der Waals surface area contributed by atoms with Crippen LogP contribution in [-0.4, -0.2) is 37.8 Å². The van der Waals surface area contributed by atoms with Crippen LogP contribution in [0.1, 0.15) is 31.5 Å². The van der Waals surface area contributed by atoms with Gasteiger partial charge in [-0.15, -0.1) is 0 Å². The lowest BCUT2D eigenvalue weighted by atomic mass is 10.1. The number of hydrogen-bond acceptors (Lipinski definition) is 6. The molecule has 4 rings (SSSR count). The maximum Gasteiger partial charge on any atom is 0.269 e. The number of non-ortho nitro benzene ring substituents is 1. The SMILES string of the molecule is CCc1cc(N2CCC(n3cccn3)CC2)nc(-c2ccc([N+](=O)[O-])cc2)n1. The van der Waals surface area contributed by atoms with E-state index in [1.165, 1.54) is 12.1 Å². The molecule has 1 aliphatic heterocycles. The van der Waals surface area contributed by atoms with Gasteiger partial charge in [-0.1, -0.05) is 6.92 Å². The number of aryl methyl sites for hydroxylation is 1. The highest BCUT2D eigenvalue weighted by Gasteiger charge is 2.22. The van der Waals surface area contributed by atoms with E-state index in [2.05, 4.69) is 21.9 Å². The van der Waals surface area contributed by atoms with Gasteiger partial charge in [-0.05, 0) is 37.5 Å². The van der Waals surface area contributed by atoms with Gasteiger partial charge in [0.2, 0.25) is 0 Å². The van der Waals surface area contributed by atoms with Crippen molar-refractivity contribution in [2.24, 2.45) is 0 Å². The number of nitro groups is 1. The Bertz CT molecular complexity index is 947. The van der Waals surface area contributed by atoms with Crippen molar-refractivity contribution in [3.63, 3.8) is 0 Å². The Kier molecular flexibility index (Phi) is 5.01. The van der Waals surface area contributed by atoms with Gasteiger partial charge in [-0.3, -0.25) is 14.8 Å². The van der Waals surface area contributed by atoms with Gasteiger partial charge in [-0.2, -0.15) is 5.10 Å². The number of rotatable bonds is 5. The molecule has 2 aromatic heterocycles. The Morgan fingerprint density at radius 2 is 1.93 bits per heavy atom. The predicted molar refractivity (Wildman–Crippen MR) is 106 cm³/mol. The average molecular weight is 378 g/mol. The van der Waals surface area contributed by atoms with Crippen LogP contribution in [-0.2, 0) is 6.42 Å². The monoisotopic (exact) mass is 378 g/mol. The largest absolute Gasteiger partial charge is 0.356 e. The van der Waals surface area contributed by atoms with Gasteiger partial charge in [-0.25, -0.2) is 9.97 Å². The van der Waals surface area contributed by atoms with Gasteiger partial charge < -0.3 is 4.90 Å². The molecule has 0 amide bonds. The van der Waals surface area contributed by atoms with Crippen molar-refractivity contribution < 1.29 is 4.92 Å². The molecule has 1 aromatic carbocycles. The minimum absolute atomic E-state index is 0.0660. The first-order chi connectivity index (χ1) is 13.6. The van der Waals surface area contributed by atoms with Crippen LogP contribution in [0.3, 0.4) is 0 Å². The first kappa shape index (κ1) is 18.1. The number of nitro benzene ring substituents is 1. The van der Waals surface area contributed by atoms with E-state index in [9.17, 15) is 10.1 Å².